The second-order valence-corrected chi connectivity index (χ2v) is 2.24. The van der Waals surface area contributed by atoms with Crippen LogP contribution < -0.4 is 11.2 Å². The van der Waals surface area contributed by atoms with Crippen LogP contribution in [-0.4, -0.2) is 0 Å². The zero-order valence-electron chi connectivity index (χ0n) is 4.49. The third-order valence-corrected chi connectivity index (χ3v) is 1.74. The van der Waals surface area contributed by atoms with Crippen molar-refractivity contribution in [3.63, 3.8) is 0 Å². The van der Waals surface area contributed by atoms with Gasteiger partial charge in [-0.1, -0.05) is 0 Å². The molecular formula is C5H6NOP. The lowest BCUT2D eigenvalue weighted by Crippen LogP contribution is -2.16. The van der Waals surface area contributed by atoms with Gasteiger partial charge in [-0.3, -0.25) is 4.79 Å². The summed E-state index contributed by atoms with van der Waals surface area (Å²) in [6.45, 7) is 1.71. The molecule has 3 heteroatoms. The Balaban J connectivity index is 3.48. The van der Waals surface area contributed by atoms with Crippen molar-refractivity contribution in [1.29, 1.82) is 0 Å². The number of nitrogens with two attached hydrogens (primary N) is 1. The molecule has 0 fully saturated rings. The Morgan fingerprint density at radius 1 is 1.62 bits per heavy atom. The number of hydrogen-bond acceptors (Lipinski definition) is 2. The van der Waals surface area contributed by atoms with Crippen LogP contribution >= 0.6 is 8.86 Å². The minimum atomic E-state index is 0.0270. The van der Waals surface area contributed by atoms with E-state index in [2.05, 4.69) is 8.86 Å². The van der Waals surface area contributed by atoms with Crippen molar-refractivity contribution in [2.75, 3.05) is 5.73 Å². The first kappa shape index (κ1) is 5.52. The van der Waals surface area contributed by atoms with Crippen molar-refractivity contribution in [2.45, 2.75) is 6.92 Å². The van der Waals surface area contributed by atoms with Crippen molar-refractivity contribution in [2.24, 2.45) is 0 Å². The van der Waals surface area contributed by atoms with Crippen LogP contribution in [0.3, 0.4) is 0 Å². The van der Waals surface area contributed by atoms with Crippen LogP contribution in [0.1, 0.15) is 5.56 Å². The molecule has 0 aliphatic heterocycles. The quantitative estimate of drug-likeness (QED) is 0.515. The van der Waals surface area contributed by atoms with E-state index in [4.69, 9.17) is 5.73 Å². The van der Waals surface area contributed by atoms with Gasteiger partial charge in [0.25, 0.3) is 0 Å². The Bertz CT molecular complexity index is 252. The maximum atomic E-state index is 10.5. The van der Waals surface area contributed by atoms with Crippen LogP contribution in [0.2, 0.25) is 0 Å². The largest absolute Gasteiger partial charge is 0.398 e. The Morgan fingerprint density at radius 2 is 2.12 bits per heavy atom. The fourth-order valence-electron chi connectivity index (χ4n) is 0.557. The van der Waals surface area contributed by atoms with Gasteiger partial charge in [-0.25, -0.2) is 0 Å². The molecule has 1 aromatic carbocycles. The lowest BCUT2D eigenvalue weighted by Gasteiger charge is -1.99. The fourth-order valence-corrected chi connectivity index (χ4v) is 0.932. The summed E-state index contributed by atoms with van der Waals surface area (Å²) in [5, 5.41) is 0. The second kappa shape index (κ2) is 1.43. The van der Waals surface area contributed by atoms with E-state index < -0.39 is 0 Å². The molecule has 1 aromatic rings. The predicted octanol–water partition coefficient (Wildman–Crippen LogP) is 0.488. The van der Waals surface area contributed by atoms with Crippen molar-refractivity contribution in [1.82, 2.24) is 0 Å². The fraction of sp³-hybridized carbons (Fsp3) is 0.200. The summed E-state index contributed by atoms with van der Waals surface area (Å²) in [5.41, 5.74) is 6.61. The van der Waals surface area contributed by atoms with Crippen molar-refractivity contribution >= 4 is 14.6 Å². The highest BCUT2D eigenvalue weighted by molar-refractivity contribution is 7.07. The van der Waals surface area contributed by atoms with E-state index in [0.717, 1.165) is 0 Å². The van der Waals surface area contributed by atoms with Gasteiger partial charge in [0.2, 0.25) is 0 Å². The van der Waals surface area contributed by atoms with Crippen LogP contribution in [0.25, 0.3) is 0 Å². The number of rotatable bonds is 0. The van der Waals surface area contributed by atoms with Crippen molar-refractivity contribution in [3.8, 4) is 0 Å². The molecule has 0 atom stereocenters. The molecule has 0 heterocycles. The van der Waals surface area contributed by atoms with E-state index in [-0.39, 0.29) is 5.43 Å². The van der Waals surface area contributed by atoms with E-state index in [9.17, 15) is 4.79 Å². The molecule has 0 aliphatic rings. The Morgan fingerprint density at radius 3 is 2.25 bits per heavy atom. The number of anilines is 1. The smallest absolute Gasteiger partial charge is 0.196 e. The molecule has 0 saturated carbocycles. The topological polar surface area (TPSA) is 43.1 Å². The summed E-state index contributed by atoms with van der Waals surface area (Å²) < 4.78 is 0. The number of nitrogen functional groups attached to an aromatic ring is 1. The molecule has 0 aliphatic carbocycles. The standard InChI is InChI=1S/C5H6NOP/c1-2-3(6)5(8)4(2)7/h8H,6H2,1H3. The third kappa shape index (κ3) is 0.436. The van der Waals surface area contributed by atoms with Gasteiger partial charge in [0, 0.05) is 5.56 Å². The first-order chi connectivity index (χ1) is 3.64. The molecule has 0 saturated heterocycles. The zero-order chi connectivity index (χ0) is 6.31. The summed E-state index contributed by atoms with van der Waals surface area (Å²) in [6.07, 6.45) is 0. The summed E-state index contributed by atoms with van der Waals surface area (Å²) in [7, 11) is 3.06. The summed E-state index contributed by atoms with van der Waals surface area (Å²) in [4.78, 5) is 11.1. The van der Waals surface area contributed by atoms with Crippen molar-refractivity contribution < 1.29 is 0 Å². The Labute approximate surface area is 48.9 Å². The molecule has 42 valence electrons. The van der Waals surface area contributed by atoms with Gasteiger partial charge in [0.05, 0.1) is 10.6 Å². The highest BCUT2D eigenvalue weighted by Crippen LogP contribution is 2.09. The molecular weight excluding hydrogens is 121 g/mol. The Hall–Kier alpha value is -0.620. The molecule has 1 rings (SSSR count). The monoisotopic (exact) mass is 127 g/mol. The predicted molar refractivity (Wildman–Crippen MR) is 35.8 cm³/mol. The molecule has 0 unspecified atom stereocenters. The summed E-state index contributed by atoms with van der Waals surface area (Å²) >= 11 is 0. The molecule has 8 heavy (non-hydrogen) atoms. The average Bonchev–Trinajstić information content (AvgIpc) is 1.83. The molecule has 2 nitrogen and oxygen atoms in total. The molecule has 0 bridgehead atoms. The van der Waals surface area contributed by atoms with Gasteiger partial charge >= 0.3 is 0 Å². The first-order valence-corrected chi connectivity index (χ1v) is 2.74. The van der Waals surface area contributed by atoms with E-state index in [1.165, 1.54) is 0 Å². The van der Waals surface area contributed by atoms with Crippen LogP contribution in [0.5, 0.6) is 0 Å². The highest BCUT2D eigenvalue weighted by Gasteiger charge is 2.06. The minimum absolute atomic E-state index is 0.0270. The molecule has 0 radical (unpaired) electrons. The summed E-state index contributed by atoms with van der Waals surface area (Å²) in [6, 6.07) is 0. The molecule has 0 spiro atoms. The van der Waals surface area contributed by atoms with E-state index in [1.807, 2.05) is 0 Å². The molecule has 0 amide bonds. The number of hydrogen-bond donors (Lipinski definition) is 1. The van der Waals surface area contributed by atoms with E-state index in [1.54, 1.807) is 6.92 Å². The van der Waals surface area contributed by atoms with Crippen LogP contribution in [0.15, 0.2) is 4.79 Å². The van der Waals surface area contributed by atoms with Crippen LogP contribution in [0, 0.1) is 11.9 Å². The lowest BCUT2D eigenvalue weighted by atomic mass is 10.1. The SMILES string of the molecule is Cc1c(N)c(=P)c1=O. The van der Waals surface area contributed by atoms with E-state index in [0.29, 0.717) is 16.2 Å². The molecule has 0 aromatic heterocycles. The van der Waals surface area contributed by atoms with Crippen LogP contribution in [-0.2, 0) is 0 Å². The normalized spacial score (nSPS) is 10.1. The van der Waals surface area contributed by atoms with Gasteiger partial charge in [-0.2, -0.15) is 0 Å². The van der Waals surface area contributed by atoms with Crippen LogP contribution in [0.4, 0.5) is 5.69 Å². The Kier molecular flexibility index (Phi) is 0.983. The second-order valence-electron chi connectivity index (χ2n) is 1.74. The third-order valence-electron chi connectivity index (χ3n) is 1.24. The van der Waals surface area contributed by atoms with Gasteiger partial charge in [-0.15, -0.1) is 8.86 Å². The highest BCUT2D eigenvalue weighted by atomic mass is 31.0. The van der Waals surface area contributed by atoms with Gasteiger partial charge in [0.15, 0.2) is 5.43 Å². The zero-order valence-corrected chi connectivity index (χ0v) is 5.49. The van der Waals surface area contributed by atoms with Gasteiger partial charge in [-0.05, 0) is 6.92 Å². The first-order valence-electron chi connectivity index (χ1n) is 2.24. The van der Waals surface area contributed by atoms with Crippen molar-refractivity contribution in [3.05, 3.63) is 20.7 Å². The lowest BCUT2D eigenvalue weighted by molar-refractivity contribution is 1.33. The average molecular weight is 127 g/mol. The van der Waals surface area contributed by atoms with E-state index >= 15 is 0 Å². The maximum Gasteiger partial charge on any atom is 0.196 e. The van der Waals surface area contributed by atoms with Gasteiger partial charge < -0.3 is 5.73 Å². The molecule has 2 N–H and O–H groups in total. The maximum absolute atomic E-state index is 10.5. The van der Waals surface area contributed by atoms with Gasteiger partial charge in [0.1, 0.15) is 0 Å². The summed E-state index contributed by atoms with van der Waals surface area (Å²) in [5.74, 6) is 0. The minimum Gasteiger partial charge on any atom is -0.398 e.